The second-order valence-electron chi connectivity index (χ2n) is 10.2. The largest absolute Gasteiger partial charge is 0.481 e. The van der Waals surface area contributed by atoms with Gasteiger partial charge >= 0.3 is 5.97 Å². The molecule has 0 fully saturated rings. The van der Waals surface area contributed by atoms with Gasteiger partial charge in [-0.3, -0.25) is 15.0 Å². The number of pyridine rings is 1. The second kappa shape index (κ2) is 12.0. The number of carbonyl (C=O) groups is 3. The van der Waals surface area contributed by atoms with Gasteiger partial charge in [0.05, 0.1) is 25.3 Å². The number of carboxylic acid groups (broad SMARTS) is 1. The molecule has 0 aliphatic heterocycles. The van der Waals surface area contributed by atoms with Gasteiger partial charge in [0.2, 0.25) is 5.88 Å². The molecule has 3 rings (SSSR count). The van der Waals surface area contributed by atoms with E-state index in [2.05, 4.69) is 10.3 Å². The minimum Gasteiger partial charge on any atom is -0.481 e. The first-order valence-electron chi connectivity index (χ1n) is 12.4. The first-order chi connectivity index (χ1) is 18.8. The molecule has 1 aromatic heterocycles. The predicted molar refractivity (Wildman–Crippen MR) is 151 cm³/mol. The van der Waals surface area contributed by atoms with E-state index in [0.717, 1.165) is 0 Å². The lowest BCUT2D eigenvalue weighted by Crippen LogP contribution is -2.46. The average molecular weight is 548 g/mol. The number of ether oxygens (including phenoxy) is 1. The molecule has 11 heteroatoms. The van der Waals surface area contributed by atoms with E-state index in [1.807, 2.05) is 20.8 Å². The fourth-order valence-electron chi connectivity index (χ4n) is 3.95. The van der Waals surface area contributed by atoms with Crippen LogP contribution >= 0.6 is 0 Å². The number of nitrogens with one attached hydrogen (secondary N) is 2. The minimum atomic E-state index is -1.30. The SMILES string of the molecule is COc1ccc(-c2ccc(C(=O)N[C@H](CO)C(C)(C)C)cc2C(=O)O)c(C(=O)N(C)c2ccc(C(=N)N)cc2)n1. The van der Waals surface area contributed by atoms with Crippen molar-refractivity contribution in [2.45, 2.75) is 26.8 Å². The van der Waals surface area contributed by atoms with Crippen LogP contribution in [-0.2, 0) is 0 Å². The number of carbonyl (C=O) groups excluding carboxylic acids is 2. The Morgan fingerprint density at radius 1 is 1.05 bits per heavy atom. The molecular formula is C29H33N5O6. The van der Waals surface area contributed by atoms with Crippen LogP contribution < -0.4 is 20.7 Å². The number of nitrogens with zero attached hydrogens (tertiary/aromatic N) is 2. The number of aromatic carboxylic acids is 1. The average Bonchev–Trinajstić information content (AvgIpc) is 2.93. The predicted octanol–water partition coefficient (Wildman–Crippen LogP) is 3.15. The normalized spacial score (nSPS) is 11.8. The summed E-state index contributed by atoms with van der Waals surface area (Å²) in [7, 11) is 2.93. The molecule has 6 N–H and O–H groups in total. The molecule has 0 aliphatic carbocycles. The van der Waals surface area contributed by atoms with Gasteiger partial charge in [-0.25, -0.2) is 9.78 Å². The molecule has 1 atom stereocenters. The molecule has 0 bridgehead atoms. The van der Waals surface area contributed by atoms with Crippen molar-refractivity contribution in [3.8, 4) is 17.0 Å². The zero-order chi connectivity index (χ0) is 29.8. The van der Waals surface area contributed by atoms with Crippen molar-refractivity contribution in [3.05, 3.63) is 77.0 Å². The first kappa shape index (κ1) is 29.8. The summed E-state index contributed by atoms with van der Waals surface area (Å²) in [5, 5.41) is 30.0. The number of rotatable bonds is 9. The van der Waals surface area contributed by atoms with Crippen LogP contribution in [0.1, 0.15) is 57.5 Å². The Morgan fingerprint density at radius 2 is 1.65 bits per heavy atom. The summed E-state index contributed by atoms with van der Waals surface area (Å²) >= 11 is 0. The summed E-state index contributed by atoms with van der Waals surface area (Å²) in [6.45, 7) is 5.31. The third-order valence-corrected chi connectivity index (χ3v) is 6.49. The zero-order valence-corrected chi connectivity index (χ0v) is 23.0. The van der Waals surface area contributed by atoms with Crippen LogP contribution in [0.15, 0.2) is 54.6 Å². The number of benzene rings is 2. The fraction of sp³-hybridized carbons (Fsp3) is 0.276. The van der Waals surface area contributed by atoms with Gasteiger partial charge in [0.15, 0.2) is 0 Å². The number of aromatic nitrogens is 1. The standard InChI is InChI=1S/C29H33N5O6/c1-29(2,3)22(15-35)32-26(36)17-8-11-19(21(14-17)28(38)39)20-12-13-23(40-5)33-24(20)27(37)34(4)18-9-6-16(7-10-18)25(30)31/h6-14,22,35H,15H2,1-5H3,(H3,30,31)(H,32,36)(H,38,39)/t22-/m1/s1. The molecule has 0 spiro atoms. The highest BCUT2D eigenvalue weighted by Gasteiger charge is 2.28. The Labute approximate surface area is 232 Å². The van der Waals surface area contributed by atoms with Gasteiger partial charge in [-0.1, -0.05) is 26.8 Å². The maximum Gasteiger partial charge on any atom is 0.336 e. The molecular weight excluding hydrogens is 514 g/mol. The van der Waals surface area contributed by atoms with Crippen LogP contribution in [0.25, 0.3) is 11.1 Å². The van der Waals surface area contributed by atoms with Crippen LogP contribution in [0.3, 0.4) is 0 Å². The third kappa shape index (κ3) is 6.44. The van der Waals surface area contributed by atoms with Crippen LogP contribution in [0.2, 0.25) is 0 Å². The number of aliphatic hydroxyl groups excluding tert-OH is 1. The van der Waals surface area contributed by atoms with Gasteiger partial charge in [0, 0.05) is 35.5 Å². The molecule has 40 heavy (non-hydrogen) atoms. The summed E-state index contributed by atoms with van der Waals surface area (Å²) in [6, 6.07) is 13.1. The summed E-state index contributed by atoms with van der Waals surface area (Å²) < 4.78 is 5.22. The first-order valence-corrected chi connectivity index (χ1v) is 12.4. The fourth-order valence-corrected chi connectivity index (χ4v) is 3.95. The van der Waals surface area contributed by atoms with Gasteiger partial charge in [0.1, 0.15) is 11.5 Å². The molecule has 1 heterocycles. The van der Waals surface area contributed by atoms with Gasteiger partial charge < -0.3 is 30.9 Å². The Morgan fingerprint density at radius 3 is 2.17 bits per heavy atom. The van der Waals surface area contributed by atoms with Gasteiger partial charge in [-0.05, 0) is 53.4 Å². The highest BCUT2D eigenvalue weighted by Crippen LogP contribution is 2.31. The molecule has 0 saturated heterocycles. The van der Waals surface area contributed by atoms with Crippen LogP contribution in [0.5, 0.6) is 5.88 Å². The van der Waals surface area contributed by atoms with E-state index in [-0.39, 0.29) is 46.3 Å². The van der Waals surface area contributed by atoms with Crippen molar-refractivity contribution in [1.82, 2.24) is 10.3 Å². The van der Waals surface area contributed by atoms with E-state index in [1.54, 1.807) is 24.3 Å². The van der Waals surface area contributed by atoms with Crippen molar-refractivity contribution in [2.24, 2.45) is 11.1 Å². The maximum absolute atomic E-state index is 13.6. The minimum absolute atomic E-state index is 0.0646. The number of nitrogen functional groups attached to an aromatic ring is 1. The van der Waals surface area contributed by atoms with E-state index < -0.39 is 29.2 Å². The number of hydrogen-bond donors (Lipinski definition) is 5. The van der Waals surface area contributed by atoms with Crippen molar-refractivity contribution < 1.29 is 29.3 Å². The Kier molecular flexibility index (Phi) is 8.90. The smallest absolute Gasteiger partial charge is 0.336 e. The number of amidine groups is 1. The van der Waals surface area contributed by atoms with Gasteiger partial charge in [-0.2, -0.15) is 0 Å². The number of hydrogen-bond acceptors (Lipinski definition) is 7. The Bertz CT molecular complexity index is 1450. The molecule has 210 valence electrons. The Balaban J connectivity index is 2.07. The molecule has 2 amide bonds. The number of amides is 2. The number of carboxylic acids is 1. The lowest BCUT2D eigenvalue weighted by atomic mass is 9.87. The topological polar surface area (TPSA) is 179 Å². The lowest BCUT2D eigenvalue weighted by molar-refractivity contribution is 0.0697. The van der Waals surface area contributed by atoms with Crippen LogP contribution in [0.4, 0.5) is 5.69 Å². The van der Waals surface area contributed by atoms with Crippen LogP contribution in [-0.4, -0.2) is 65.6 Å². The van der Waals surface area contributed by atoms with E-state index in [4.69, 9.17) is 15.9 Å². The van der Waals surface area contributed by atoms with Gasteiger partial charge in [-0.15, -0.1) is 0 Å². The summed E-state index contributed by atoms with van der Waals surface area (Å²) in [5.41, 5.74) is 6.29. The highest BCUT2D eigenvalue weighted by molar-refractivity contribution is 6.11. The van der Waals surface area contributed by atoms with Crippen LogP contribution in [0, 0.1) is 10.8 Å². The molecule has 0 saturated carbocycles. The number of anilines is 1. The molecule has 0 aliphatic rings. The van der Waals surface area contributed by atoms with Crippen molar-refractivity contribution >= 4 is 29.3 Å². The van der Waals surface area contributed by atoms with Crippen molar-refractivity contribution in [2.75, 3.05) is 25.7 Å². The Hall–Kier alpha value is -4.77. The monoisotopic (exact) mass is 547 g/mol. The molecule has 0 unspecified atom stereocenters. The van der Waals surface area contributed by atoms with E-state index in [9.17, 15) is 24.6 Å². The number of aliphatic hydroxyl groups is 1. The summed E-state index contributed by atoms with van der Waals surface area (Å²) in [4.78, 5) is 44.5. The lowest BCUT2D eigenvalue weighted by Gasteiger charge is -2.29. The van der Waals surface area contributed by atoms with Crippen molar-refractivity contribution in [3.63, 3.8) is 0 Å². The second-order valence-corrected chi connectivity index (χ2v) is 10.2. The molecule has 0 radical (unpaired) electrons. The number of nitrogens with two attached hydrogens (primary N) is 1. The highest BCUT2D eigenvalue weighted by atomic mass is 16.5. The third-order valence-electron chi connectivity index (χ3n) is 6.49. The molecule has 11 nitrogen and oxygen atoms in total. The summed E-state index contributed by atoms with van der Waals surface area (Å²) in [5.74, 6) is -2.35. The summed E-state index contributed by atoms with van der Waals surface area (Å²) in [6.07, 6.45) is 0. The zero-order valence-electron chi connectivity index (χ0n) is 23.0. The van der Waals surface area contributed by atoms with E-state index >= 15 is 0 Å². The number of methoxy groups -OCH3 is 1. The quantitative estimate of drug-likeness (QED) is 0.200. The molecule has 3 aromatic rings. The maximum atomic E-state index is 13.6. The molecule has 2 aromatic carbocycles. The van der Waals surface area contributed by atoms with Crippen molar-refractivity contribution in [1.29, 1.82) is 5.41 Å². The van der Waals surface area contributed by atoms with E-state index in [1.165, 1.54) is 49.4 Å². The van der Waals surface area contributed by atoms with E-state index in [0.29, 0.717) is 11.3 Å². The van der Waals surface area contributed by atoms with Gasteiger partial charge in [0.25, 0.3) is 11.8 Å².